The number of nitrogens with one attached hydrogen (secondary N) is 2. The average molecular weight is 610 g/mol. The number of unbranched alkanes of at least 4 members (excludes halogenated alkanes) is 1. The number of amides is 2. The highest BCUT2D eigenvalue weighted by atomic mass is 16.5. The van der Waals surface area contributed by atoms with Gasteiger partial charge in [0.1, 0.15) is 17.1 Å². The standard InChI is InChI=1S/C36H43N5O4/c1-6-7-8-17-41-33-28(13-10-16-37-33)31(26-11-9-12-27(23-26)44-5)32(34(41)42)39-35(43)38-30-22-25(14-15-29(30)36(2,3)4)24-40-18-20-45-21-19-40/h6,9-16,22-23H,1,7-8,17-21,24H2,2-5H3,(H2,38,39,43). The van der Waals surface area contributed by atoms with Crippen molar-refractivity contribution in [3.05, 3.63) is 94.9 Å². The van der Waals surface area contributed by atoms with Crippen molar-refractivity contribution >= 4 is 28.4 Å². The lowest BCUT2D eigenvalue weighted by molar-refractivity contribution is 0.0342. The first-order chi connectivity index (χ1) is 21.7. The number of rotatable bonds is 10. The summed E-state index contributed by atoms with van der Waals surface area (Å²) in [6.07, 6.45) is 4.97. The minimum Gasteiger partial charge on any atom is -0.497 e. The molecule has 0 spiro atoms. The summed E-state index contributed by atoms with van der Waals surface area (Å²) in [5.74, 6) is 0.641. The second-order valence-corrected chi connectivity index (χ2v) is 12.3. The Kier molecular flexibility index (Phi) is 10.0. The number of aryl methyl sites for hydroxylation is 1. The van der Waals surface area contributed by atoms with E-state index in [9.17, 15) is 9.59 Å². The Labute approximate surface area is 264 Å². The van der Waals surface area contributed by atoms with Crippen LogP contribution >= 0.6 is 0 Å². The Balaban J connectivity index is 1.57. The number of anilines is 2. The minimum atomic E-state index is -0.494. The number of ether oxygens (including phenoxy) is 2. The third-order valence-electron chi connectivity index (χ3n) is 8.06. The molecule has 9 heteroatoms. The summed E-state index contributed by atoms with van der Waals surface area (Å²) in [7, 11) is 1.60. The molecule has 0 radical (unpaired) electrons. The topological polar surface area (TPSA) is 97.7 Å². The molecule has 2 aromatic carbocycles. The highest BCUT2D eigenvalue weighted by Gasteiger charge is 2.24. The minimum absolute atomic E-state index is 0.182. The predicted octanol–water partition coefficient (Wildman–Crippen LogP) is 6.81. The first kappa shape index (κ1) is 31.9. The van der Waals surface area contributed by atoms with Crippen molar-refractivity contribution in [2.45, 2.75) is 52.1 Å². The molecule has 1 fully saturated rings. The molecule has 3 heterocycles. The van der Waals surface area contributed by atoms with Crippen LogP contribution < -0.4 is 20.9 Å². The number of carbonyl (C=O) groups is 1. The van der Waals surface area contributed by atoms with Gasteiger partial charge in [0, 0.05) is 49.0 Å². The zero-order valence-corrected chi connectivity index (χ0v) is 26.7. The van der Waals surface area contributed by atoms with Gasteiger partial charge >= 0.3 is 6.03 Å². The lowest BCUT2D eigenvalue weighted by atomic mass is 9.85. The quantitative estimate of drug-likeness (QED) is 0.151. The molecule has 2 N–H and O–H groups in total. The molecule has 236 valence electrons. The van der Waals surface area contributed by atoms with Gasteiger partial charge in [-0.3, -0.25) is 14.3 Å². The molecule has 0 unspecified atom stereocenters. The summed E-state index contributed by atoms with van der Waals surface area (Å²) in [5.41, 5.74) is 4.33. The van der Waals surface area contributed by atoms with Crippen molar-refractivity contribution in [2.24, 2.45) is 0 Å². The maximum Gasteiger partial charge on any atom is 0.323 e. The van der Waals surface area contributed by atoms with Crippen LogP contribution in [0.25, 0.3) is 22.2 Å². The van der Waals surface area contributed by atoms with E-state index >= 15 is 0 Å². The van der Waals surface area contributed by atoms with Crippen LogP contribution in [-0.4, -0.2) is 53.9 Å². The molecule has 1 aliphatic rings. The van der Waals surface area contributed by atoms with Gasteiger partial charge in [-0.15, -0.1) is 6.58 Å². The highest BCUT2D eigenvalue weighted by molar-refractivity contribution is 6.07. The number of carbonyl (C=O) groups excluding carboxylic acids is 1. The second kappa shape index (κ2) is 14.1. The summed E-state index contributed by atoms with van der Waals surface area (Å²) in [6, 6.07) is 17.0. The van der Waals surface area contributed by atoms with Crippen LogP contribution in [0.5, 0.6) is 5.75 Å². The molecule has 2 amide bonds. The summed E-state index contributed by atoms with van der Waals surface area (Å²) in [4.78, 5) is 35.0. The number of fused-ring (bicyclic) bond motifs is 1. The first-order valence-electron chi connectivity index (χ1n) is 15.5. The third kappa shape index (κ3) is 7.44. The van der Waals surface area contributed by atoms with Gasteiger partial charge in [0.25, 0.3) is 5.56 Å². The zero-order valence-electron chi connectivity index (χ0n) is 26.7. The molecule has 1 aliphatic heterocycles. The SMILES string of the molecule is C=CCCCn1c(=O)c(NC(=O)Nc2cc(CN3CCOCC3)ccc2C(C)(C)C)c(-c2cccc(OC)c2)c2cccnc21. The van der Waals surface area contributed by atoms with Crippen LogP contribution in [0.4, 0.5) is 16.2 Å². The lowest BCUT2D eigenvalue weighted by Gasteiger charge is -2.28. The fourth-order valence-electron chi connectivity index (χ4n) is 5.81. The number of pyridine rings is 2. The number of benzene rings is 2. The van der Waals surface area contributed by atoms with Gasteiger partial charge in [0.05, 0.1) is 20.3 Å². The normalized spacial score (nSPS) is 13.9. The van der Waals surface area contributed by atoms with E-state index < -0.39 is 6.03 Å². The number of urea groups is 1. The molecular formula is C36H43N5O4. The molecule has 5 rings (SSSR count). The Morgan fingerprint density at radius 2 is 1.89 bits per heavy atom. The monoisotopic (exact) mass is 609 g/mol. The predicted molar refractivity (Wildman–Crippen MR) is 181 cm³/mol. The fraction of sp³-hybridized carbons (Fsp3) is 0.361. The van der Waals surface area contributed by atoms with E-state index in [4.69, 9.17) is 9.47 Å². The van der Waals surface area contributed by atoms with Gasteiger partial charge in [-0.2, -0.15) is 0 Å². The number of methoxy groups -OCH3 is 1. The van der Waals surface area contributed by atoms with E-state index in [2.05, 4.69) is 60.0 Å². The van der Waals surface area contributed by atoms with Gasteiger partial charge < -0.3 is 20.1 Å². The maximum absolute atomic E-state index is 14.2. The van der Waals surface area contributed by atoms with Gasteiger partial charge in [-0.1, -0.05) is 51.1 Å². The van der Waals surface area contributed by atoms with Gasteiger partial charge in [-0.05, 0) is 65.3 Å². The van der Waals surface area contributed by atoms with Crippen LogP contribution in [0.2, 0.25) is 0 Å². The number of morpholine rings is 1. The van der Waals surface area contributed by atoms with Crippen LogP contribution in [0.15, 0.2) is 78.2 Å². The second-order valence-electron chi connectivity index (χ2n) is 12.3. The van der Waals surface area contributed by atoms with E-state index in [1.807, 2.05) is 48.5 Å². The molecule has 2 aromatic heterocycles. The third-order valence-corrected chi connectivity index (χ3v) is 8.06. The summed E-state index contributed by atoms with van der Waals surface area (Å²) in [5, 5.41) is 6.82. The molecule has 0 atom stereocenters. The lowest BCUT2D eigenvalue weighted by Crippen LogP contribution is -2.35. The van der Waals surface area contributed by atoms with Crippen molar-refractivity contribution < 1.29 is 14.3 Å². The van der Waals surface area contributed by atoms with Gasteiger partial charge in [0.15, 0.2) is 0 Å². The molecule has 9 nitrogen and oxygen atoms in total. The molecule has 0 bridgehead atoms. The molecule has 45 heavy (non-hydrogen) atoms. The average Bonchev–Trinajstić information content (AvgIpc) is 3.03. The van der Waals surface area contributed by atoms with Crippen molar-refractivity contribution in [2.75, 3.05) is 44.0 Å². The molecule has 0 aliphatic carbocycles. The summed E-state index contributed by atoms with van der Waals surface area (Å²) in [6.45, 7) is 14.5. The van der Waals surface area contributed by atoms with Crippen LogP contribution in [0.3, 0.4) is 0 Å². The number of hydrogen-bond acceptors (Lipinski definition) is 6. The van der Waals surface area contributed by atoms with Crippen molar-refractivity contribution in [1.82, 2.24) is 14.5 Å². The van der Waals surface area contributed by atoms with Crippen molar-refractivity contribution in [1.29, 1.82) is 0 Å². The molecule has 4 aromatic rings. The van der Waals surface area contributed by atoms with Crippen LogP contribution in [0.1, 0.15) is 44.7 Å². The van der Waals surface area contributed by atoms with E-state index in [0.29, 0.717) is 35.6 Å². The van der Waals surface area contributed by atoms with E-state index in [1.54, 1.807) is 17.9 Å². The Morgan fingerprint density at radius 1 is 1.09 bits per heavy atom. The van der Waals surface area contributed by atoms with E-state index in [-0.39, 0.29) is 16.7 Å². The highest BCUT2D eigenvalue weighted by Crippen LogP contribution is 2.35. The largest absolute Gasteiger partial charge is 0.497 e. The zero-order chi connectivity index (χ0) is 32.0. The van der Waals surface area contributed by atoms with E-state index in [0.717, 1.165) is 61.3 Å². The van der Waals surface area contributed by atoms with Crippen molar-refractivity contribution in [3.8, 4) is 16.9 Å². The Hall–Kier alpha value is -4.47. The molecular weight excluding hydrogens is 566 g/mol. The first-order valence-corrected chi connectivity index (χ1v) is 15.5. The fourth-order valence-corrected chi connectivity index (χ4v) is 5.81. The van der Waals surface area contributed by atoms with Gasteiger partial charge in [-0.25, -0.2) is 9.78 Å². The number of nitrogens with zero attached hydrogens (tertiary/aromatic N) is 3. The van der Waals surface area contributed by atoms with E-state index in [1.165, 1.54) is 0 Å². The number of aromatic nitrogens is 2. The number of hydrogen-bond donors (Lipinski definition) is 2. The summed E-state index contributed by atoms with van der Waals surface area (Å²) >= 11 is 0. The Bertz CT molecular complexity index is 1730. The van der Waals surface area contributed by atoms with Crippen LogP contribution in [0, 0.1) is 0 Å². The maximum atomic E-state index is 14.2. The number of allylic oxidation sites excluding steroid dienone is 1. The van der Waals surface area contributed by atoms with Gasteiger partial charge in [0.2, 0.25) is 0 Å². The van der Waals surface area contributed by atoms with Crippen molar-refractivity contribution in [3.63, 3.8) is 0 Å². The smallest absolute Gasteiger partial charge is 0.323 e. The molecule has 1 saturated heterocycles. The Morgan fingerprint density at radius 3 is 2.62 bits per heavy atom. The van der Waals surface area contributed by atoms with Crippen LogP contribution in [-0.2, 0) is 23.2 Å². The summed E-state index contributed by atoms with van der Waals surface area (Å²) < 4.78 is 12.7. The molecule has 0 saturated carbocycles.